The summed E-state index contributed by atoms with van der Waals surface area (Å²) in [6, 6.07) is 8.98. The molecule has 0 heterocycles. The van der Waals surface area contributed by atoms with Crippen molar-refractivity contribution in [2.24, 2.45) is 11.8 Å². The lowest BCUT2D eigenvalue weighted by molar-refractivity contribution is -0.145. The molecular formula is C12H15NO3. The molecular weight excluding hydrogens is 206 g/mol. The van der Waals surface area contributed by atoms with Crippen molar-refractivity contribution in [1.29, 1.82) is 0 Å². The van der Waals surface area contributed by atoms with Crippen LogP contribution in [0.1, 0.15) is 13.8 Å². The Kier molecular flexibility index (Phi) is 4.05. The van der Waals surface area contributed by atoms with Crippen molar-refractivity contribution >= 4 is 17.6 Å². The molecule has 0 saturated carbocycles. The zero-order chi connectivity index (χ0) is 12.1. The molecule has 0 radical (unpaired) electrons. The number of hydrogen-bond donors (Lipinski definition) is 2. The number of benzene rings is 1. The SMILES string of the molecule is CC(C(=O)O)C(C)C(=O)Nc1ccccc1. The highest BCUT2D eigenvalue weighted by atomic mass is 16.4. The van der Waals surface area contributed by atoms with E-state index in [1.807, 2.05) is 6.07 Å². The molecule has 0 fully saturated rings. The Morgan fingerprint density at radius 3 is 2.19 bits per heavy atom. The van der Waals surface area contributed by atoms with Crippen LogP contribution in [0.25, 0.3) is 0 Å². The first-order chi connectivity index (χ1) is 7.52. The smallest absolute Gasteiger partial charge is 0.307 e. The zero-order valence-electron chi connectivity index (χ0n) is 9.31. The number of nitrogens with one attached hydrogen (secondary N) is 1. The molecule has 0 bridgehead atoms. The standard InChI is InChI=1S/C12H15NO3/c1-8(9(2)12(15)16)11(14)13-10-6-4-3-5-7-10/h3-9H,1-2H3,(H,13,14)(H,15,16). The van der Waals surface area contributed by atoms with Crippen LogP contribution in [0.5, 0.6) is 0 Å². The predicted molar refractivity (Wildman–Crippen MR) is 61.0 cm³/mol. The topological polar surface area (TPSA) is 66.4 Å². The molecule has 0 aliphatic heterocycles. The summed E-state index contributed by atoms with van der Waals surface area (Å²) in [5.41, 5.74) is 0.678. The second-order valence-electron chi connectivity index (χ2n) is 3.77. The van der Waals surface area contributed by atoms with Crippen molar-refractivity contribution < 1.29 is 14.7 Å². The van der Waals surface area contributed by atoms with Crippen molar-refractivity contribution in [1.82, 2.24) is 0 Å². The maximum atomic E-state index is 11.7. The average Bonchev–Trinajstić information content (AvgIpc) is 2.28. The van der Waals surface area contributed by atoms with E-state index in [1.54, 1.807) is 31.2 Å². The van der Waals surface area contributed by atoms with Gasteiger partial charge >= 0.3 is 5.97 Å². The molecule has 4 nitrogen and oxygen atoms in total. The van der Waals surface area contributed by atoms with E-state index in [9.17, 15) is 9.59 Å². The summed E-state index contributed by atoms with van der Waals surface area (Å²) in [5.74, 6) is -2.49. The number of carboxylic acids is 1. The van der Waals surface area contributed by atoms with Crippen molar-refractivity contribution in [3.63, 3.8) is 0 Å². The Balaban J connectivity index is 2.63. The molecule has 4 heteroatoms. The van der Waals surface area contributed by atoms with Gasteiger partial charge in [0.15, 0.2) is 0 Å². The summed E-state index contributed by atoms with van der Waals surface area (Å²) in [6.07, 6.45) is 0. The van der Waals surface area contributed by atoms with E-state index in [1.165, 1.54) is 6.92 Å². The number of hydrogen-bond acceptors (Lipinski definition) is 2. The van der Waals surface area contributed by atoms with Crippen molar-refractivity contribution in [3.8, 4) is 0 Å². The molecule has 0 aliphatic rings. The summed E-state index contributed by atoms with van der Waals surface area (Å²) in [7, 11) is 0. The minimum atomic E-state index is -0.962. The van der Waals surface area contributed by atoms with E-state index >= 15 is 0 Å². The van der Waals surface area contributed by atoms with Gasteiger partial charge in [0, 0.05) is 11.6 Å². The second kappa shape index (κ2) is 5.30. The van der Waals surface area contributed by atoms with E-state index in [4.69, 9.17) is 5.11 Å². The highest BCUT2D eigenvalue weighted by Gasteiger charge is 2.25. The van der Waals surface area contributed by atoms with E-state index in [0.29, 0.717) is 5.69 Å². The molecule has 0 spiro atoms. The number of carbonyl (C=O) groups excluding carboxylic acids is 1. The molecule has 1 aromatic carbocycles. The minimum Gasteiger partial charge on any atom is -0.481 e. The first-order valence-electron chi connectivity index (χ1n) is 5.11. The fraction of sp³-hybridized carbons (Fsp3) is 0.333. The molecule has 1 rings (SSSR count). The maximum absolute atomic E-state index is 11.7. The Labute approximate surface area is 94.3 Å². The van der Waals surface area contributed by atoms with Gasteiger partial charge in [0.2, 0.25) is 5.91 Å². The Hall–Kier alpha value is -1.84. The molecule has 0 saturated heterocycles. The Bertz CT molecular complexity index is 375. The fourth-order valence-electron chi connectivity index (χ4n) is 1.22. The van der Waals surface area contributed by atoms with Crippen molar-refractivity contribution in [3.05, 3.63) is 30.3 Å². The van der Waals surface area contributed by atoms with Crippen LogP contribution in [0, 0.1) is 11.8 Å². The third kappa shape index (κ3) is 3.08. The van der Waals surface area contributed by atoms with Crippen LogP contribution in [0.15, 0.2) is 30.3 Å². The van der Waals surface area contributed by atoms with Gasteiger partial charge in [0.1, 0.15) is 0 Å². The quantitative estimate of drug-likeness (QED) is 0.817. The summed E-state index contributed by atoms with van der Waals surface area (Å²) in [6.45, 7) is 3.13. The highest BCUT2D eigenvalue weighted by molar-refractivity contribution is 5.94. The molecule has 16 heavy (non-hydrogen) atoms. The summed E-state index contributed by atoms with van der Waals surface area (Å²) in [5, 5.41) is 11.5. The van der Waals surface area contributed by atoms with Gasteiger partial charge in [-0.25, -0.2) is 0 Å². The van der Waals surface area contributed by atoms with Crippen LogP contribution in [0.4, 0.5) is 5.69 Å². The number of carbonyl (C=O) groups is 2. The summed E-state index contributed by atoms with van der Waals surface area (Å²) < 4.78 is 0. The lowest BCUT2D eigenvalue weighted by Gasteiger charge is -2.15. The van der Waals surface area contributed by atoms with Gasteiger partial charge in [-0.1, -0.05) is 32.0 Å². The van der Waals surface area contributed by atoms with Gasteiger partial charge in [-0.2, -0.15) is 0 Å². The van der Waals surface area contributed by atoms with Crippen LogP contribution in [-0.4, -0.2) is 17.0 Å². The highest BCUT2D eigenvalue weighted by Crippen LogP contribution is 2.14. The number of para-hydroxylation sites is 1. The summed E-state index contributed by atoms with van der Waals surface area (Å²) in [4.78, 5) is 22.4. The first-order valence-corrected chi connectivity index (χ1v) is 5.11. The van der Waals surface area contributed by atoms with Crippen LogP contribution >= 0.6 is 0 Å². The second-order valence-corrected chi connectivity index (χ2v) is 3.77. The minimum absolute atomic E-state index is 0.277. The normalized spacial score (nSPS) is 13.9. The lowest BCUT2D eigenvalue weighted by Crippen LogP contribution is -2.29. The average molecular weight is 221 g/mol. The molecule has 2 atom stereocenters. The van der Waals surface area contributed by atoms with E-state index in [0.717, 1.165) is 0 Å². The lowest BCUT2D eigenvalue weighted by atomic mass is 9.95. The van der Waals surface area contributed by atoms with Crippen LogP contribution in [0.2, 0.25) is 0 Å². The van der Waals surface area contributed by atoms with E-state index < -0.39 is 17.8 Å². The van der Waals surface area contributed by atoms with Gasteiger partial charge in [-0.15, -0.1) is 0 Å². The van der Waals surface area contributed by atoms with Gasteiger partial charge < -0.3 is 10.4 Å². The maximum Gasteiger partial charge on any atom is 0.307 e. The first kappa shape index (κ1) is 12.2. The van der Waals surface area contributed by atoms with Gasteiger partial charge in [0.05, 0.1) is 5.92 Å². The van der Waals surface area contributed by atoms with Crippen LogP contribution < -0.4 is 5.32 Å². The largest absolute Gasteiger partial charge is 0.481 e. The molecule has 1 amide bonds. The fourth-order valence-corrected chi connectivity index (χ4v) is 1.22. The van der Waals surface area contributed by atoms with Crippen LogP contribution in [0.3, 0.4) is 0 Å². The predicted octanol–water partition coefficient (Wildman–Crippen LogP) is 1.98. The molecule has 0 aromatic heterocycles. The number of anilines is 1. The molecule has 2 N–H and O–H groups in total. The van der Waals surface area contributed by atoms with Crippen molar-refractivity contribution in [2.45, 2.75) is 13.8 Å². The zero-order valence-corrected chi connectivity index (χ0v) is 9.31. The molecule has 2 unspecified atom stereocenters. The Morgan fingerprint density at radius 2 is 1.69 bits per heavy atom. The molecule has 1 aromatic rings. The van der Waals surface area contributed by atoms with Gasteiger partial charge in [0.25, 0.3) is 0 Å². The number of amides is 1. The monoisotopic (exact) mass is 221 g/mol. The number of carboxylic acid groups (broad SMARTS) is 1. The third-order valence-electron chi connectivity index (χ3n) is 2.59. The molecule has 0 aliphatic carbocycles. The van der Waals surface area contributed by atoms with Crippen molar-refractivity contribution in [2.75, 3.05) is 5.32 Å². The number of rotatable bonds is 4. The summed E-state index contributed by atoms with van der Waals surface area (Å²) >= 11 is 0. The van der Waals surface area contributed by atoms with Gasteiger partial charge in [-0.3, -0.25) is 9.59 Å². The molecule has 86 valence electrons. The van der Waals surface area contributed by atoms with E-state index in [-0.39, 0.29) is 5.91 Å². The van der Waals surface area contributed by atoms with Gasteiger partial charge in [-0.05, 0) is 12.1 Å². The van der Waals surface area contributed by atoms with Crippen LogP contribution in [-0.2, 0) is 9.59 Å². The van der Waals surface area contributed by atoms with E-state index in [2.05, 4.69) is 5.32 Å². The Morgan fingerprint density at radius 1 is 1.12 bits per heavy atom. The third-order valence-corrected chi connectivity index (χ3v) is 2.59. The number of aliphatic carboxylic acids is 1.